The van der Waals surface area contributed by atoms with Crippen molar-refractivity contribution in [1.29, 1.82) is 0 Å². The van der Waals surface area contributed by atoms with Crippen molar-refractivity contribution in [3.63, 3.8) is 0 Å². The van der Waals surface area contributed by atoms with E-state index in [2.05, 4.69) is 5.32 Å². The zero-order valence-corrected chi connectivity index (χ0v) is 10.8. The van der Waals surface area contributed by atoms with E-state index in [4.69, 9.17) is 9.52 Å². The fourth-order valence-corrected chi connectivity index (χ4v) is 2.38. The Hall–Kier alpha value is -1.82. The van der Waals surface area contributed by atoms with Crippen molar-refractivity contribution in [2.45, 2.75) is 13.5 Å². The van der Waals surface area contributed by atoms with E-state index in [9.17, 15) is 9.59 Å². The minimum absolute atomic E-state index is 0.0790. The number of hydrogen-bond acceptors (Lipinski definition) is 4. The molecule has 6 heteroatoms. The average molecular weight is 266 g/mol. The number of carboxylic acids is 1. The fourth-order valence-electron chi connectivity index (χ4n) is 2.38. The number of carbonyl (C=O) groups is 2. The Bertz CT molecular complexity index is 444. The van der Waals surface area contributed by atoms with E-state index in [1.54, 1.807) is 18.4 Å². The average Bonchev–Trinajstić information content (AvgIpc) is 2.96. The lowest BCUT2D eigenvalue weighted by Crippen LogP contribution is -2.36. The summed E-state index contributed by atoms with van der Waals surface area (Å²) in [6, 6.07) is 3.56. The normalized spacial score (nSPS) is 23.4. The third-order valence-corrected chi connectivity index (χ3v) is 3.41. The van der Waals surface area contributed by atoms with Crippen molar-refractivity contribution in [3.8, 4) is 0 Å². The van der Waals surface area contributed by atoms with Crippen LogP contribution >= 0.6 is 0 Å². The molecule has 1 amide bonds. The quantitative estimate of drug-likeness (QED) is 0.813. The second-order valence-corrected chi connectivity index (χ2v) is 4.97. The Morgan fingerprint density at radius 3 is 2.89 bits per heavy atom. The molecule has 1 aromatic rings. The SMILES string of the molecule is C[C@@H]1CN(CC(=O)NCc2ccco2)C[C@H]1C(=O)O. The van der Waals surface area contributed by atoms with Gasteiger partial charge in [-0.1, -0.05) is 6.92 Å². The molecule has 1 saturated heterocycles. The summed E-state index contributed by atoms with van der Waals surface area (Å²) in [7, 11) is 0. The van der Waals surface area contributed by atoms with Gasteiger partial charge in [-0.05, 0) is 18.1 Å². The molecule has 0 saturated carbocycles. The summed E-state index contributed by atoms with van der Waals surface area (Å²) in [6.07, 6.45) is 1.56. The number of carbonyl (C=O) groups excluding carboxylic acids is 1. The van der Waals surface area contributed by atoms with E-state index in [1.807, 2.05) is 11.8 Å². The lowest BCUT2D eigenvalue weighted by atomic mass is 9.99. The van der Waals surface area contributed by atoms with Crippen LogP contribution in [0.4, 0.5) is 0 Å². The van der Waals surface area contributed by atoms with Crippen molar-refractivity contribution in [2.75, 3.05) is 19.6 Å². The summed E-state index contributed by atoms with van der Waals surface area (Å²) < 4.78 is 5.11. The van der Waals surface area contributed by atoms with Crippen LogP contribution in [0.3, 0.4) is 0 Å². The Labute approximate surface area is 111 Å². The number of amides is 1. The minimum Gasteiger partial charge on any atom is -0.481 e. The predicted molar refractivity (Wildman–Crippen MR) is 67.3 cm³/mol. The molecule has 2 N–H and O–H groups in total. The smallest absolute Gasteiger partial charge is 0.308 e. The second kappa shape index (κ2) is 5.88. The van der Waals surface area contributed by atoms with Crippen LogP contribution in [0, 0.1) is 11.8 Å². The van der Waals surface area contributed by atoms with Gasteiger partial charge < -0.3 is 14.8 Å². The van der Waals surface area contributed by atoms with Gasteiger partial charge in [0.05, 0.1) is 25.3 Å². The van der Waals surface area contributed by atoms with Crippen molar-refractivity contribution < 1.29 is 19.1 Å². The Balaban J connectivity index is 1.75. The van der Waals surface area contributed by atoms with Gasteiger partial charge in [0.15, 0.2) is 0 Å². The van der Waals surface area contributed by atoms with Gasteiger partial charge >= 0.3 is 5.97 Å². The van der Waals surface area contributed by atoms with Crippen molar-refractivity contribution >= 4 is 11.9 Å². The topological polar surface area (TPSA) is 82.8 Å². The van der Waals surface area contributed by atoms with Gasteiger partial charge in [0, 0.05) is 13.1 Å². The van der Waals surface area contributed by atoms with Gasteiger partial charge in [0.25, 0.3) is 0 Å². The van der Waals surface area contributed by atoms with E-state index in [1.165, 1.54) is 0 Å². The molecule has 2 rings (SSSR count). The first-order valence-electron chi connectivity index (χ1n) is 6.30. The predicted octanol–water partition coefficient (Wildman–Crippen LogP) is 0.548. The number of hydrogen-bond donors (Lipinski definition) is 2. The highest BCUT2D eigenvalue weighted by Crippen LogP contribution is 2.22. The standard InChI is InChI=1S/C13H18N2O4/c1-9-6-15(7-11(9)13(17)18)8-12(16)14-5-10-3-2-4-19-10/h2-4,9,11H,5-8H2,1H3,(H,14,16)(H,17,18)/t9-,11-/m1/s1. The van der Waals surface area contributed by atoms with Crippen LogP contribution in [0.1, 0.15) is 12.7 Å². The Kier molecular flexibility index (Phi) is 4.21. The van der Waals surface area contributed by atoms with Crippen molar-refractivity contribution in [3.05, 3.63) is 24.2 Å². The van der Waals surface area contributed by atoms with E-state index < -0.39 is 5.97 Å². The highest BCUT2D eigenvalue weighted by molar-refractivity contribution is 5.78. The number of nitrogens with zero attached hydrogens (tertiary/aromatic N) is 1. The third-order valence-electron chi connectivity index (χ3n) is 3.41. The number of carboxylic acid groups (broad SMARTS) is 1. The summed E-state index contributed by atoms with van der Waals surface area (Å²) in [5.41, 5.74) is 0. The number of aliphatic carboxylic acids is 1. The Morgan fingerprint density at radius 1 is 1.53 bits per heavy atom. The molecule has 1 aliphatic rings. The third kappa shape index (κ3) is 3.57. The summed E-state index contributed by atoms with van der Waals surface area (Å²) in [4.78, 5) is 24.6. The van der Waals surface area contributed by atoms with Gasteiger partial charge in [-0.3, -0.25) is 14.5 Å². The lowest BCUT2D eigenvalue weighted by molar-refractivity contribution is -0.142. The highest BCUT2D eigenvalue weighted by Gasteiger charge is 2.35. The lowest BCUT2D eigenvalue weighted by Gasteiger charge is -2.14. The van der Waals surface area contributed by atoms with Gasteiger partial charge in [-0.15, -0.1) is 0 Å². The maximum absolute atomic E-state index is 11.7. The molecule has 19 heavy (non-hydrogen) atoms. The molecule has 1 fully saturated rings. The molecule has 2 heterocycles. The highest BCUT2D eigenvalue weighted by atomic mass is 16.4. The first-order chi connectivity index (χ1) is 9.06. The molecule has 1 aliphatic heterocycles. The first-order valence-corrected chi connectivity index (χ1v) is 6.30. The molecule has 0 radical (unpaired) electrons. The molecule has 2 atom stereocenters. The maximum atomic E-state index is 11.7. The van der Waals surface area contributed by atoms with E-state index in [0.29, 0.717) is 25.4 Å². The molecular weight excluding hydrogens is 248 g/mol. The van der Waals surface area contributed by atoms with Gasteiger partial charge in [-0.2, -0.15) is 0 Å². The monoisotopic (exact) mass is 266 g/mol. The molecule has 0 aliphatic carbocycles. The number of nitrogens with one attached hydrogen (secondary N) is 1. The summed E-state index contributed by atoms with van der Waals surface area (Å²) in [5.74, 6) is -0.500. The van der Waals surface area contributed by atoms with E-state index >= 15 is 0 Å². The molecule has 0 unspecified atom stereocenters. The summed E-state index contributed by atoms with van der Waals surface area (Å²) >= 11 is 0. The van der Waals surface area contributed by atoms with Gasteiger partial charge in [-0.25, -0.2) is 0 Å². The zero-order valence-electron chi connectivity index (χ0n) is 10.8. The van der Waals surface area contributed by atoms with Crippen LogP contribution in [0.15, 0.2) is 22.8 Å². The molecule has 1 aromatic heterocycles. The minimum atomic E-state index is -0.786. The van der Waals surface area contributed by atoms with Gasteiger partial charge in [0.1, 0.15) is 5.76 Å². The van der Waals surface area contributed by atoms with Gasteiger partial charge in [0.2, 0.25) is 5.91 Å². The Morgan fingerprint density at radius 2 is 2.32 bits per heavy atom. The molecular formula is C13H18N2O4. The summed E-state index contributed by atoms with van der Waals surface area (Å²) in [6.45, 7) is 3.57. The maximum Gasteiger partial charge on any atom is 0.308 e. The molecule has 0 spiro atoms. The fraction of sp³-hybridized carbons (Fsp3) is 0.538. The van der Waals surface area contributed by atoms with Crippen LogP contribution in [0.5, 0.6) is 0 Å². The molecule has 0 bridgehead atoms. The largest absolute Gasteiger partial charge is 0.481 e. The molecule has 104 valence electrons. The zero-order chi connectivity index (χ0) is 13.8. The summed E-state index contributed by atoms with van der Waals surface area (Å²) in [5, 5.41) is 11.8. The molecule has 0 aromatic carbocycles. The van der Waals surface area contributed by atoms with E-state index in [0.717, 1.165) is 0 Å². The van der Waals surface area contributed by atoms with Crippen LogP contribution in [-0.2, 0) is 16.1 Å². The number of furan rings is 1. The van der Waals surface area contributed by atoms with Crippen LogP contribution in [0.2, 0.25) is 0 Å². The first kappa shape index (κ1) is 13.6. The van der Waals surface area contributed by atoms with Crippen LogP contribution in [0.25, 0.3) is 0 Å². The second-order valence-electron chi connectivity index (χ2n) is 4.97. The molecule has 6 nitrogen and oxygen atoms in total. The van der Waals surface area contributed by atoms with Crippen LogP contribution in [-0.4, -0.2) is 41.5 Å². The number of rotatable bonds is 5. The van der Waals surface area contributed by atoms with Crippen molar-refractivity contribution in [1.82, 2.24) is 10.2 Å². The number of likely N-dealkylation sites (tertiary alicyclic amines) is 1. The van der Waals surface area contributed by atoms with Crippen LogP contribution < -0.4 is 5.32 Å². The van der Waals surface area contributed by atoms with Crippen molar-refractivity contribution in [2.24, 2.45) is 11.8 Å². The van der Waals surface area contributed by atoms with E-state index in [-0.39, 0.29) is 24.3 Å².